The van der Waals surface area contributed by atoms with Crippen LogP contribution in [0, 0.1) is 22.6 Å². The molecule has 2 rings (SSSR count). The average Bonchev–Trinajstić information content (AvgIpc) is 2.64. The average molecular weight is 369 g/mol. The molecule has 2 aromatic rings. The lowest BCUT2D eigenvalue weighted by molar-refractivity contribution is 0.167. The number of urea groups is 1. The van der Waals surface area contributed by atoms with Crippen LogP contribution in [0.5, 0.6) is 5.75 Å². The molecule has 0 bridgehead atoms. The van der Waals surface area contributed by atoms with E-state index in [1.54, 1.807) is 42.5 Å². The van der Waals surface area contributed by atoms with Crippen LogP contribution < -0.4 is 15.4 Å². The molecular weight excluding hydrogens is 345 g/mol. The summed E-state index contributed by atoms with van der Waals surface area (Å²) < 4.78 is 19.3. The minimum absolute atomic E-state index is 0.148. The first kappa shape index (κ1) is 20.2. The van der Waals surface area contributed by atoms with Gasteiger partial charge in [0, 0.05) is 6.54 Å². The number of hydrogen-bond donors (Lipinski definition) is 2. The Morgan fingerprint density at radius 2 is 1.85 bits per heavy atom. The molecule has 1 unspecified atom stereocenters. The number of rotatable bonds is 6. The van der Waals surface area contributed by atoms with E-state index in [4.69, 9.17) is 10.00 Å². The summed E-state index contributed by atoms with van der Waals surface area (Å²) in [5, 5.41) is 14.5. The number of nitrogens with zero attached hydrogens (tertiary/aromatic N) is 1. The molecule has 0 aromatic heterocycles. The second-order valence-electron chi connectivity index (χ2n) is 7.30. The Bertz CT molecular complexity index is 807. The number of para-hydroxylation sites is 1. The van der Waals surface area contributed by atoms with Crippen LogP contribution in [0.4, 0.5) is 9.18 Å². The maximum Gasteiger partial charge on any atom is 0.315 e. The van der Waals surface area contributed by atoms with Gasteiger partial charge < -0.3 is 15.4 Å². The summed E-state index contributed by atoms with van der Waals surface area (Å²) in [6, 6.07) is 14.6. The van der Waals surface area contributed by atoms with Crippen molar-refractivity contribution < 1.29 is 13.9 Å². The summed E-state index contributed by atoms with van der Waals surface area (Å²) in [4.78, 5) is 12.3. The zero-order valence-electron chi connectivity index (χ0n) is 15.8. The van der Waals surface area contributed by atoms with Gasteiger partial charge in [0.2, 0.25) is 0 Å². The summed E-state index contributed by atoms with van der Waals surface area (Å²) >= 11 is 0. The quantitative estimate of drug-likeness (QED) is 0.808. The van der Waals surface area contributed by atoms with Gasteiger partial charge >= 0.3 is 6.03 Å². The molecule has 2 amide bonds. The molecule has 27 heavy (non-hydrogen) atoms. The van der Waals surface area contributed by atoms with Gasteiger partial charge in [-0.25, -0.2) is 9.18 Å². The van der Waals surface area contributed by atoms with Crippen molar-refractivity contribution >= 4 is 6.03 Å². The molecule has 0 fully saturated rings. The molecule has 0 saturated carbocycles. The van der Waals surface area contributed by atoms with Crippen molar-refractivity contribution in [1.29, 1.82) is 5.26 Å². The zero-order valence-corrected chi connectivity index (χ0v) is 15.8. The van der Waals surface area contributed by atoms with Crippen molar-refractivity contribution in [2.45, 2.75) is 33.4 Å². The van der Waals surface area contributed by atoms with Crippen LogP contribution in [-0.4, -0.2) is 18.7 Å². The van der Waals surface area contributed by atoms with Crippen molar-refractivity contribution in [2.75, 3.05) is 6.61 Å². The first-order chi connectivity index (χ1) is 12.8. The van der Waals surface area contributed by atoms with Gasteiger partial charge in [-0.3, -0.25) is 0 Å². The lowest BCUT2D eigenvalue weighted by Crippen LogP contribution is -2.50. The predicted octanol–water partition coefficient (Wildman–Crippen LogP) is 3.99. The summed E-state index contributed by atoms with van der Waals surface area (Å²) in [6.07, 6.45) is 0. The van der Waals surface area contributed by atoms with Crippen LogP contribution in [0.3, 0.4) is 0 Å². The Kier molecular flexibility index (Phi) is 6.78. The van der Waals surface area contributed by atoms with Crippen molar-refractivity contribution in [1.82, 2.24) is 10.6 Å². The molecule has 0 saturated heterocycles. The van der Waals surface area contributed by atoms with E-state index >= 15 is 0 Å². The molecule has 6 heteroatoms. The van der Waals surface area contributed by atoms with E-state index in [9.17, 15) is 9.18 Å². The third-order valence-corrected chi connectivity index (χ3v) is 4.13. The molecular formula is C21H24FN3O2. The lowest BCUT2D eigenvalue weighted by Gasteiger charge is -2.31. The molecule has 0 radical (unpaired) electrons. The highest BCUT2D eigenvalue weighted by atomic mass is 19.1. The Morgan fingerprint density at radius 1 is 1.19 bits per heavy atom. The van der Waals surface area contributed by atoms with Gasteiger partial charge in [-0.05, 0) is 35.2 Å². The third kappa shape index (κ3) is 6.30. The number of carbonyl (C=O) groups is 1. The summed E-state index contributed by atoms with van der Waals surface area (Å²) in [6.45, 7) is 6.41. The highest BCUT2D eigenvalue weighted by molar-refractivity contribution is 5.74. The van der Waals surface area contributed by atoms with Gasteiger partial charge in [0.25, 0.3) is 0 Å². The van der Waals surface area contributed by atoms with E-state index < -0.39 is 5.82 Å². The molecule has 5 nitrogen and oxygen atoms in total. The van der Waals surface area contributed by atoms with Gasteiger partial charge in [-0.1, -0.05) is 45.0 Å². The number of nitrogens with one attached hydrogen (secondary N) is 2. The Morgan fingerprint density at radius 3 is 2.44 bits per heavy atom. The van der Waals surface area contributed by atoms with Crippen molar-refractivity contribution in [3.63, 3.8) is 0 Å². The number of carbonyl (C=O) groups excluding carboxylic acids is 1. The second kappa shape index (κ2) is 9.04. The van der Waals surface area contributed by atoms with Gasteiger partial charge in [0.05, 0.1) is 17.7 Å². The smallest absolute Gasteiger partial charge is 0.315 e. The number of ether oxygens (including phenoxy) is 1. The van der Waals surface area contributed by atoms with Crippen LogP contribution in [-0.2, 0) is 6.54 Å². The fourth-order valence-electron chi connectivity index (χ4n) is 2.33. The van der Waals surface area contributed by atoms with Crippen molar-refractivity contribution in [3.8, 4) is 11.8 Å². The van der Waals surface area contributed by atoms with Crippen molar-refractivity contribution in [3.05, 3.63) is 65.5 Å². The van der Waals surface area contributed by atoms with Gasteiger partial charge in [-0.2, -0.15) is 5.26 Å². The fourth-order valence-corrected chi connectivity index (χ4v) is 2.33. The maximum absolute atomic E-state index is 13.7. The molecule has 0 spiro atoms. The highest BCUT2D eigenvalue weighted by Gasteiger charge is 2.27. The van der Waals surface area contributed by atoms with Crippen LogP contribution in [0.2, 0.25) is 0 Å². The number of nitriles is 1. The lowest BCUT2D eigenvalue weighted by atomic mass is 9.87. The summed E-state index contributed by atoms with van der Waals surface area (Å²) in [5.74, 6) is -0.276. The van der Waals surface area contributed by atoms with Crippen LogP contribution >= 0.6 is 0 Å². The number of hydrogen-bond acceptors (Lipinski definition) is 3. The summed E-state index contributed by atoms with van der Waals surface area (Å²) in [7, 11) is 0. The summed E-state index contributed by atoms with van der Waals surface area (Å²) in [5.41, 5.74) is 1.18. The first-order valence-corrected chi connectivity index (χ1v) is 8.70. The van der Waals surface area contributed by atoms with E-state index in [1.807, 2.05) is 20.8 Å². The highest BCUT2D eigenvalue weighted by Crippen LogP contribution is 2.22. The first-order valence-electron chi connectivity index (χ1n) is 8.70. The van der Waals surface area contributed by atoms with Gasteiger partial charge in [0.1, 0.15) is 6.61 Å². The largest absolute Gasteiger partial charge is 0.488 e. The molecule has 0 aliphatic carbocycles. The number of benzene rings is 2. The van der Waals surface area contributed by atoms with Crippen LogP contribution in [0.1, 0.15) is 31.9 Å². The minimum Gasteiger partial charge on any atom is -0.488 e. The third-order valence-electron chi connectivity index (χ3n) is 4.13. The molecule has 142 valence electrons. The topological polar surface area (TPSA) is 74.2 Å². The Hall–Kier alpha value is -3.07. The Labute approximate surface area is 159 Å². The van der Waals surface area contributed by atoms with E-state index in [-0.39, 0.29) is 29.8 Å². The predicted molar refractivity (Wildman–Crippen MR) is 102 cm³/mol. The van der Waals surface area contributed by atoms with E-state index in [0.717, 1.165) is 5.56 Å². The molecule has 1 atom stereocenters. The number of amides is 2. The van der Waals surface area contributed by atoms with Crippen LogP contribution in [0.15, 0.2) is 48.5 Å². The van der Waals surface area contributed by atoms with E-state index in [0.29, 0.717) is 12.1 Å². The SMILES string of the molecule is CC(C)(C)C(COc1ccccc1F)NC(=O)NCc1ccc(C#N)cc1. The molecule has 0 aliphatic rings. The molecule has 0 heterocycles. The van der Waals surface area contributed by atoms with Crippen molar-refractivity contribution in [2.24, 2.45) is 5.41 Å². The fraction of sp³-hybridized carbons (Fsp3) is 0.333. The second-order valence-corrected chi connectivity index (χ2v) is 7.30. The molecule has 2 aromatic carbocycles. The monoisotopic (exact) mass is 369 g/mol. The van der Waals surface area contributed by atoms with E-state index in [1.165, 1.54) is 6.07 Å². The normalized spacial score (nSPS) is 12.0. The molecule has 2 N–H and O–H groups in total. The molecule has 0 aliphatic heterocycles. The number of halogens is 1. The van der Waals surface area contributed by atoms with Gasteiger partial charge in [0.15, 0.2) is 11.6 Å². The zero-order chi connectivity index (χ0) is 19.9. The minimum atomic E-state index is -0.435. The standard InChI is InChI=1S/C21H24FN3O2/c1-21(2,3)19(14-27-18-7-5-4-6-17(18)22)25-20(26)24-13-16-10-8-15(12-23)9-11-16/h4-11,19H,13-14H2,1-3H3,(H2,24,25,26). The van der Waals surface area contributed by atoms with Gasteiger partial charge in [-0.15, -0.1) is 0 Å². The Balaban J connectivity index is 1.91. The van der Waals surface area contributed by atoms with E-state index in [2.05, 4.69) is 16.7 Å². The van der Waals surface area contributed by atoms with Crippen LogP contribution in [0.25, 0.3) is 0 Å². The maximum atomic E-state index is 13.7.